The third kappa shape index (κ3) is 2.51. The van der Waals surface area contributed by atoms with E-state index >= 15 is 0 Å². The predicted molar refractivity (Wildman–Crippen MR) is 110 cm³/mol. The van der Waals surface area contributed by atoms with Crippen LogP contribution in [-0.4, -0.2) is 24.2 Å². The van der Waals surface area contributed by atoms with Gasteiger partial charge in [0.15, 0.2) is 12.4 Å². The van der Waals surface area contributed by atoms with Crippen molar-refractivity contribution in [3.05, 3.63) is 72.3 Å². The maximum absolute atomic E-state index is 13.2. The lowest BCUT2D eigenvalue weighted by atomic mass is 9.63. The molecule has 2 aromatic rings. The molecular weight excluding hydrogens is 378 g/mol. The molecule has 0 N–H and O–H groups in total. The van der Waals surface area contributed by atoms with Gasteiger partial charge < -0.3 is 4.74 Å². The highest BCUT2D eigenvalue weighted by Crippen LogP contribution is 2.65. The number of imide groups is 1. The van der Waals surface area contributed by atoms with Crippen LogP contribution in [-0.2, 0) is 9.59 Å². The summed E-state index contributed by atoms with van der Waals surface area (Å²) in [6.07, 6.45) is 5.49. The molecule has 6 unspecified atom stereocenters. The Labute approximate surface area is 174 Å². The Balaban J connectivity index is 1.22. The van der Waals surface area contributed by atoms with Crippen molar-refractivity contribution in [1.82, 2.24) is 0 Å². The highest BCUT2D eigenvalue weighted by atomic mass is 16.5. The van der Waals surface area contributed by atoms with Crippen LogP contribution in [0.15, 0.2) is 66.7 Å². The van der Waals surface area contributed by atoms with Crippen molar-refractivity contribution in [2.24, 2.45) is 35.5 Å². The van der Waals surface area contributed by atoms with E-state index in [1.165, 1.54) is 4.90 Å². The fraction of sp³-hybridized carbons (Fsp3) is 0.320. The minimum atomic E-state index is -0.222. The van der Waals surface area contributed by atoms with Gasteiger partial charge in [-0.15, -0.1) is 0 Å². The van der Waals surface area contributed by atoms with E-state index in [-0.39, 0.29) is 47.9 Å². The zero-order valence-electron chi connectivity index (χ0n) is 16.3. The van der Waals surface area contributed by atoms with Crippen LogP contribution in [0.5, 0.6) is 5.75 Å². The number of carbonyl (C=O) groups excluding carboxylic acids is 3. The van der Waals surface area contributed by atoms with Crippen molar-refractivity contribution < 1.29 is 19.1 Å². The highest BCUT2D eigenvalue weighted by molar-refractivity contribution is 6.22. The molecule has 150 valence electrons. The van der Waals surface area contributed by atoms with E-state index in [9.17, 15) is 14.4 Å². The average molecular weight is 399 g/mol. The zero-order valence-corrected chi connectivity index (χ0v) is 16.3. The number of hydrogen-bond acceptors (Lipinski definition) is 4. The molecule has 1 saturated heterocycles. The summed E-state index contributed by atoms with van der Waals surface area (Å²) in [5, 5.41) is 0. The second kappa shape index (κ2) is 6.39. The second-order valence-corrected chi connectivity index (χ2v) is 8.74. The number of amides is 2. The Morgan fingerprint density at radius 3 is 2.23 bits per heavy atom. The summed E-state index contributed by atoms with van der Waals surface area (Å²) in [5.41, 5.74) is 1.11. The van der Waals surface area contributed by atoms with Crippen LogP contribution in [0.25, 0.3) is 0 Å². The molecule has 5 aliphatic rings. The summed E-state index contributed by atoms with van der Waals surface area (Å²) in [7, 11) is 0. The van der Waals surface area contributed by atoms with Crippen molar-refractivity contribution in [2.45, 2.75) is 6.42 Å². The topological polar surface area (TPSA) is 63.7 Å². The number of hydrogen-bond donors (Lipinski definition) is 0. The van der Waals surface area contributed by atoms with Gasteiger partial charge in [0, 0.05) is 11.6 Å². The maximum Gasteiger partial charge on any atom is 0.238 e. The number of ether oxygens (including phenoxy) is 1. The largest absolute Gasteiger partial charge is 0.485 e. The lowest BCUT2D eigenvalue weighted by Crippen LogP contribution is -2.40. The third-order valence-corrected chi connectivity index (χ3v) is 7.20. The van der Waals surface area contributed by atoms with Gasteiger partial charge in [0.05, 0.1) is 17.5 Å². The van der Waals surface area contributed by atoms with Crippen LogP contribution in [0, 0.1) is 35.5 Å². The summed E-state index contributed by atoms with van der Waals surface area (Å²) in [6, 6.07) is 15.9. The second-order valence-electron chi connectivity index (χ2n) is 8.74. The molecule has 0 aromatic heterocycles. The number of anilines is 1. The molecule has 7 rings (SSSR count). The number of allylic oxidation sites excluding steroid dienone is 2. The van der Waals surface area contributed by atoms with E-state index in [2.05, 4.69) is 12.2 Å². The van der Waals surface area contributed by atoms with Gasteiger partial charge in [0.25, 0.3) is 0 Å². The van der Waals surface area contributed by atoms with Crippen LogP contribution in [0.4, 0.5) is 5.69 Å². The van der Waals surface area contributed by atoms with Gasteiger partial charge in [0.1, 0.15) is 5.75 Å². The first-order valence-corrected chi connectivity index (χ1v) is 10.5. The normalized spacial score (nSPS) is 32.7. The number of nitrogens with zero attached hydrogens (tertiary/aromatic N) is 1. The molecule has 4 aliphatic carbocycles. The van der Waals surface area contributed by atoms with Crippen molar-refractivity contribution >= 4 is 23.3 Å². The molecule has 1 aliphatic heterocycles. The summed E-state index contributed by atoms with van der Waals surface area (Å²) >= 11 is 0. The molecule has 0 radical (unpaired) electrons. The van der Waals surface area contributed by atoms with Crippen molar-refractivity contribution in [3.8, 4) is 5.75 Å². The van der Waals surface area contributed by atoms with Gasteiger partial charge in [-0.3, -0.25) is 14.4 Å². The Morgan fingerprint density at radius 2 is 1.57 bits per heavy atom. The summed E-state index contributed by atoms with van der Waals surface area (Å²) in [4.78, 5) is 40.1. The SMILES string of the molecule is O=C(COc1cccc(N2C(=O)C3C4C=CC(C5CC45)C3C2=O)c1)c1ccccc1. The van der Waals surface area contributed by atoms with Gasteiger partial charge in [-0.25, -0.2) is 4.90 Å². The van der Waals surface area contributed by atoms with Crippen LogP contribution in [0.2, 0.25) is 0 Å². The van der Waals surface area contributed by atoms with E-state index in [0.717, 1.165) is 6.42 Å². The Morgan fingerprint density at radius 1 is 0.900 bits per heavy atom. The first-order valence-electron chi connectivity index (χ1n) is 10.5. The van der Waals surface area contributed by atoms with Crippen molar-refractivity contribution in [3.63, 3.8) is 0 Å². The standard InChI is InChI=1S/C25H21NO4/c27-21(14-5-2-1-3-6-14)13-30-16-8-4-7-15(11-16)26-24(28)22-17-9-10-18(20-12-19(17)20)23(22)25(26)29/h1-11,17-20,22-23H,12-13H2. The molecular formula is C25H21NO4. The van der Waals surface area contributed by atoms with Gasteiger partial charge in [-0.1, -0.05) is 48.6 Å². The van der Waals surface area contributed by atoms with Crippen molar-refractivity contribution in [2.75, 3.05) is 11.5 Å². The molecule has 2 saturated carbocycles. The number of Topliss-reactive ketones (excluding diaryl/α,β-unsaturated/α-hetero) is 1. The molecule has 3 fully saturated rings. The Hall–Kier alpha value is -3.21. The van der Waals surface area contributed by atoms with Crippen LogP contribution in [0.1, 0.15) is 16.8 Å². The molecule has 6 atom stereocenters. The van der Waals surface area contributed by atoms with Crippen molar-refractivity contribution in [1.29, 1.82) is 0 Å². The first-order chi connectivity index (χ1) is 14.6. The Kier molecular flexibility index (Phi) is 3.76. The number of ketones is 1. The molecule has 0 spiro atoms. The lowest BCUT2D eigenvalue weighted by Gasteiger charge is -2.37. The minimum Gasteiger partial charge on any atom is -0.485 e. The number of rotatable bonds is 5. The zero-order chi connectivity index (χ0) is 20.4. The fourth-order valence-electron chi connectivity index (χ4n) is 5.78. The average Bonchev–Trinajstić information content (AvgIpc) is 3.56. The Bertz CT molecular complexity index is 1060. The van der Waals surface area contributed by atoms with Crippen LogP contribution in [0.3, 0.4) is 0 Å². The monoisotopic (exact) mass is 399 g/mol. The maximum atomic E-state index is 13.2. The van der Waals surface area contributed by atoms with E-state index in [1.54, 1.807) is 36.4 Å². The van der Waals surface area contributed by atoms with Gasteiger partial charge in [0.2, 0.25) is 11.8 Å². The molecule has 2 aromatic carbocycles. The first kappa shape index (κ1) is 17.6. The lowest BCUT2D eigenvalue weighted by molar-refractivity contribution is -0.124. The fourth-order valence-corrected chi connectivity index (χ4v) is 5.78. The van der Waals surface area contributed by atoms with Gasteiger partial charge in [-0.2, -0.15) is 0 Å². The molecule has 5 nitrogen and oxygen atoms in total. The molecule has 1 heterocycles. The molecule has 2 bridgehead atoms. The predicted octanol–water partition coefficient (Wildman–Crippen LogP) is 3.51. The van der Waals surface area contributed by atoms with E-state index in [0.29, 0.717) is 28.8 Å². The van der Waals surface area contributed by atoms with Gasteiger partial charge in [-0.05, 0) is 42.2 Å². The molecule has 2 amide bonds. The highest BCUT2D eigenvalue weighted by Gasteiger charge is 2.67. The van der Waals surface area contributed by atoms with E-state index < -0.39 is 0 Å². The number of carbonyl (C=O) groups is 3. The molecule has 30 heavy (non-hydrogen) atoms. The number of benzene rings is 2. The van der Waals surface area contributed by atoms with E-state index in [4.69, 9.17) is 4.74 Å². The summed E-state index contributed by atoms with van der Waals surface area (Å²) < 4.78 is 5.68. The van der Waals surface area contributed by atoms with Gasteiger partial charge >= 0.3 is 0 Å². The quantitative estimate of drug-likeness (QED) is 0.439. The van der Waals surface area contributed by atoms with E-state index in [1.807, 2.05) is 18.2 Å². The minimum absolute atomic E-state index is 0.0905. The summed E-state index contributed by atoms with van der Waals surface area (Å²) in [6.45, 7) is -0.0992. The molecule has 5 heteroatoms. The third-order valence-electron chi connectivity index (χ3n) is 7.20. The van der Waals surface area contributed by atoms with Crippen LogP contribution < -0.4 is 9.64 Å². The smallest absolute Gasteiger partial charge is 0.238 e. The van der Waals surface area contributed by atoms with Crippen LogP contribution >= 0.6 is 0 Å². The summed E-state index contributed by atoms with van der Waals surface area (Å²) in [5.74, 6) is 1.29.